The third-order valence-electron chi connectivity index (χ3n) is 3.89. The molecule has 1 saturated heterocycles. The summed E-state index contributed by atoms with van der Waals surface area (Å²) in [5, 5.41) is 0. The van der Waals surface area contributed by atoms with Crippen LogP contribution in [-0.4, -0.2) is 48.4 Å². The lowest BCUT2D eigenvalue weighted by atomic mass is 10.0. The predicted octanol–water partition coefficient (Wildman–Crippen LogP) is 2.64. The molecule has 0 unspecified atom stereocenters. The molecule has 0 N–H and O–H groups in total. The Bertz CT molecular complexity index is 496. The van der Waals surface area contributed by atoms with Gasteiger partial charge in [0.15, 0.2) is 0 Å². The van der Waals surface area contributed by atoms with Crippen LogP contribution < -0.4 is 0 Å². The van der Waals surface area contributed by atoms with Crippen molar-refractivity contribution in [3.8, 4) is 0 Å². The van der Waals surface area contributed by atoms with Crippen LogP contribution >= 0.6 is 0 Å². The van der Waals surface area contributed by atoms with Gasteiger partial charge in [-0.2, -0.15) is 0 Å². The van der Waals surface area contributed by atoms with E-state index < -0.39 is 0 Å². The smallest absolute Gasteiger partial charge is 0.254 e. The summed E-state index contributed by atoms with van der Waals surface area (Å²) in [6.45, 7) is 12.4. The molecule has 108 valence electrons. The number of hydrogen-bond donors (Lipinski definition) is 0. The molecular weight excluding hydrogens is 248 g/mol. The van der Waals surface area contributed by atoms with Gasteiger partial charge >= 0.3 is 0 Å². The standard InChI is InChI=1S/C17H24N2O/c1-4-8-18-9-5-10-19(12-11-18)17(20)16-13-14(2)6-7-15(16)3/h4,6-7,13H,1,5,8-12H2,2-3H3. The molecule has 1 heterocycles. The molecule has 0 atom stereocenters. The van der Waals surface area contributed by atoms with Gasteiger partial charge in [-0.25, -0.2) is 0 Å². The first-order valence-corrected chi connectivity index (χ1v) is 7.31. The van der Waals surface area contributed by atoms with Crippen LogP contribution in [0.1, 0.15) is 27.9 Å². The normalized spacial score (nSPS) is 16.8. The average Bonchev–Trinajstić information content (AvgIpc) is 2.67. The van der Waals surface area contributed by atoms with E-state index in [1.807, 2.05) is 37.0 Å². The van der Waals surface area contributed by atoms with E-state index in [0.29, 0.717) is 0 Å². The van der Waals surface area contributed by atoms with E-state index in [4.69, 9.17) is 0 Å². The zero-order valence-corrected chi connectivity index (χ0v) is 12.6. The van der Waals surface area contributed by atoms with Gasteiger partial charge in [0, 0.05) is 38.3 Å². The molecular formula is C17H24N2O. The van der Waals surface area contributed by atoms with Gasteiger partial charge in [0.25, 0.3) is 5.91 Å². The van der Waals surface area contributed by atoms with Crippen LogP contribution in [0.4, 0.5) is 0 Å². The number of amides is 1. The molecule has 0 radical (unpaired) electrons. The van der Waals surface area contributed by atoms with Crippen LogP contribution in [-0.2, 0) is 0 Å². The first-order chi connectivity index (χ1) is 9.61. The van der Waals surface area contributed by atoms with E-state index in [1.54, 1.807) is 0 Å². The molecule has 0 aliphatic carbocycles. The van der Waals surface area contributed by atoms with Crippen LogP contribution in [0, 0.1) is 13.8 Å². The van der Waals surface area contributed by atoms with Crippen LogP contribution in [0.25, 0.3) is 0 Å². The highest BCUT2D eigenvalue weighted by Gasteiger charge is 2.20. The maximum atomic E-state index is 12.7. The average molecular weight is 272 g/mol. The fraction of sp³-hybridized carbons (Fsp3) is 0.471. The Morgan fingerprint density at radius 2 is 2.05 bits per heavy atom. The van der Waals surface area contributed by atoms with E-state index in [-0.39, 0.29) is 5.91 Å². The van der Waals surface area contributed by atoms with E-state index in [2.05, 4.69) is 17.5 Å². The maximum absolute atomic E-state index is 12.7. The quantitative estimate of drug-likeness (QED) is 0.790. The van der Waals surface area contributed by atoms with E-state index in [9.17, 15) is 4.79 Å². The molecule has 1 aromatic carbocycles. The molecule has 1 amide bonds. The van der Waals surface area contributed by atoms with Crippen molar-refractivity contribution in [2.24, 2.45) is 0 Å². The van der Waals surface area contributed by atoms with Gasteiger partial charge in [0.05, 0.1) is 0 Å². The largest absolute Gasteiger partial charge is 0.337 e. The number of carbonyl (C=O) groups is 1. The SMILES string of the molecule is C=CCN1CCCN(C(=O)c2cc(C)ccc2C)CC1. The second-order valence-corrected chi connectivity index (χ2v) is 5.55. The molecule has 0 spiro atoms. The zero-order valence-electron chi connectivity index (χ0n) is 12.6. The summed E-state index contributed by atoms with van der Waals surface area (Å²) in [5.41, 5.74) is 3.05. The molecule has 20 heavy (non-hydrogen) atoms. The molecule has 0 bridgehead atoms. The summed E-state index contributed by atoms with van der Waals surface area (Å²) < 4.78 is 0. The number of hydrogen-bond acceptors (Lipinski definition) is 2. The molecule has 3 heteroatoms. The van der Waals surface area contributed by atoms with Gasteiger partial charge in [-0.3, -0.25) is 9.69 Å². The summed E-state index contributed by atoms with van der Waals surface area (Å²) in [5.74, 6) is 0.173. The molecule has 1 fully saturated rings. The third kappa shape index (κ3) is 3.48. The Morgan fingerprint density at radius 1 is 1.25 bits per heavy atom. The van der Waals surface area contributed by atoms with E-state index >= 15 is 0 Å². The van der Waals surface area contributed by atoms with Gasteiger partial charge in [-0.1, -0.05) is 23.8 Å². The van der Waals surface area contributed by atoms with Crippen molar-refractivity contribution >= 4 is 5.91 Å². The van der Waals surface area contributed by atoms with Crippen molar-refractivity contribution in [3.63, 3.8) is 0 Å². The van der Waals surface area contributed by atoms with Crippen LogP contribution in [0.15, 0.2) is 30.9 Å². The molecule has 1 aliphatic heterocycles. The number of aryl methyl sites for hydroxylation is 2. The molecule has 0 saturated carbocycles. The van der Waals surface area contributed by atoms with Crippen molar-refractivity contribution in [1.29, 1.82) is 0 Å². The van der Waals surface area contributed by atoms with E-state index in [0.717, 1.165) is 55.8 Å². The minimum atomic E-state index is 0.173. The van der Waals surface area contributed by atoms with Crippen molar-refractivity contribution in [2.75, 3.05) is 32.7 Å². The fourth-order valence-electron chi connectivity index (χ4n) is 2.68. The first-order valence-electron chi connectivity index (χ1n) is 7.31. The number of nitrogens with zero attached hydrogens (tertiary/aromatic N) is 2. The summed E-state index contributed by atoms with van der Waals surface area (Å²) in [6, 6.07) is 6.09. The first kappa shape index (κ1) is 14.8. The summed E-state index contributed by atoms with van der Waals surface area (Å²) in [6.07, 6.45) is 2.96. The third-order valence-corrected chi connectivity index (χ3v) is 3.89. The fourth-order valence-corrected chi connectivity index (χ4v) is 2.68. The minimum Gasteiger partial charge on any atom is -0.337 e. The van der Waals surface area contributed by atoms with Crippen LogP contribution in [0.2, 0.25) is 0 Å². The highest BCUT2D eigenvalue weighted by Crippen LogP contribution is 2.15. The maximum Gasteiger partial charge on any atom is 0.254 e. The zero-order chi connectivity index (χ0) is 14.5. The Kier molecular flexibility index (Phi) is 4.96. The number of carbonyl (C=O) groups excluding carboxylic acids is 1. The van der Waals surface area contributed by atoms with Gasteiger partial charge in [-0.15, -0.1) is 6.58 Å². The monoisotopic (exact) mass is 272 g/mol. The second kappa shape index (κ2) is 6.71. The summed E-state index contributed by atoms with van der Waals surface area (Å²) >= 11 is 0. The van der Waals surface area contributed by atoms with Gasteiger partial charge in [-0.05, 0) is 31.9 Å². The van der Waals surface area contributed by atoms with Crippen molar-refractivity contribution in [3.05, 3.63) is 47.5 Å². The number of benzene rings is 1. The predicted molar refractivity (Wildman–Crippen MR) is 83.1 cm³/mol. The molecule has 0 aromatic heterocycles. The summed E-state index contributed by atoms with van der Waals surface area (Å²) in [7, 11) is 0. The van der Waals surface area contributed by atoms with Gasteiger partial charge < -0.3 is 4.90 Å². The van der Waals surface area contributed by atoms with Crippen molar-refractivity contribution < 1.29 is 4.79 Å². The van der Waals surface area contributed by atoms with Gasteiger partial charge in [0.1, 0.15) is 0 Å². The van der Waals surface area contributed by atoms with Gasteiger partial charge in [0.2, 0.25) is 0 Å². The molecule has 1 aliphatic rings. The molecule has 3 nitrogen and oxygen atoms in total. The Labute approximate surface area is 121 Å². The molecule has 2 rings (SSSR count). The minimum absolute atomic E-state index is 0.173. The van der Waals surface area contributed by atoms with Crippen molar-refractivity contribution in [1.82, 2.24) is 9.80 Å². The number of rotatable bonds is 3. The Hall–Kier alpha value is -1.61. The topological polar surface area (TPSA) is 23.6 Å². The Morgan fingerprint density at radius 3 is 2.80 bits per heavy atom. The highest BCUT2D eigenvalue weighted by molar-refractivity contribution is 5.95. The Balaban J connectivity index is 2.09. The van der Waals surface area contributed by atoms with Crippen LogP contribution in [0.3, 0.4) is 0 Å². The van der Waals surface area contributed by atoms with E-state index in [1.165, 1.54) is 0 Å². The lowest BCUT2D eigenvalue weighted by Gasteiger charge is -2.22. The highest BCUT2D eigenvalue weighted by atomic mass is 16.2. The summed E-state index contributed by atoms with van der Waals surface area (Å²) in [4.78, 5) is 17.0. The lowest BCUT2D eigenvalue weighted by molar-refractivity contribution is 0.0761. The van der Waals surface area contributed by atoms with Crippen molar-refractivity contribution in [2.45, 2.75) is 20.3 Å². The van der Waals surface area contributed by atoms with Crippen LogP contribution in [0.5, 0.6) is 0 Å². The molecule has 1 aromatic rings. The second-order valence-electron chi connectivity index (χ2n) is 5.55. The lowest BCUT2D eigenvalue weighted by Crippen LogP contribution is -2.35.